The fourth-order valence-electron chi connectivity index (χ4n) is 4.91. The van der Waals surface area contributed by atoms with Crippen LogP contribution in [0.25, 0.3) is 11.1 Å². The van der Waals surface area contributed by atoms with Gasteiger partial charge in [0, 0.05) is 31.6 Å². The molecule has 2 aliphatic rings. The Hall–Kier alpha value is -2.66. The first-order valence-electron chi connectivity index (χ1n) is 11.1. The first-order valence-corrected chi connectivity index (χ1v) is 11.1. The average Bonchev–Trinajstić information content (AvgIpc) is 2.81. The van der Waals surface area contributed by atoms with Crippen molar-refractivity contribution in [2.45, 2.75) is 37.1 Å². The number of piperidine rings is 1. The minimum atomic E-state index is -0.516. The lowest BCUT2D eigenvalue weighted by atomic mass is 9.81. The molecule has 4 heteroatoms. The van der Waals surface area contributed by atoms with E-state index in [2.05, 4.69) is 29.2 Å². The third-order valence-corrected chi connectivity index (χ3v) is 6.77. The van der Waals surface area contributed by atoms with Gasteiger partial charge in [-0.25, -0.2) is 0 Å². The maximum Gasteiger partial charge on any atom is 0.125 e. The van der Waals surface area contributed by atoms with E-state index in [1.807, 2.05) is 54.6 Å². The molecule has 0 unspecified atom stereocenters. The number of para-hydroxylation sites is 1. The number of hydrogen-bond acceptors (Lipinski definition) is 4. The summed E-state index contributed by atoms with van der Waals surface area (Å²) in [5, 5.41) is 21.4. The van der Waals surface area contributed by atoms with Gasteiger partial charge in [0.25, 0.3) is 0 Å². The lowest BCUT2D eigenvalue weighted by molar-refractivity contribution is -0.0587. The average molecular weight is 416 g/mol. The fraction of sp³-hybridized carbons (Fsp3) is 0.333. The summed E-state index contributed by atoms with van der Waals surface area (Å²) in [5.74, 6) is 0.813. The Bertz CT molecular complexity index is 1010. The van der Waals surface area contributed by atoms with Gasteiger partial charge in [-0.15, -0.1) is 0 Å². The highest BCUT2D eigenvalue weighted by Gasteiger charge is 2.42. The Morgan fingerprint density at radius 3 is 2.26 bits per heavy atom. The summed E-state index contributed by atoms with van der Waals surface area (Å²) in [4.78, 5) is 2.30. The maximum absolute atomic E-state index is 10.8. The van der Waals surface area contributed by atoms with E-state index in [1.54, 1.807) is 0 Å². The van der Waals surface area contributed by atoms with Crippen molar-refractivity contribution in [3.05, 3.63) is 90.0 Å². The molecule has 2 atom stereocenters. The second-order valence-electron chi connectivity index (χ2n) is 8.85. The molecule has 2 aliphatic heterocycles. The molecule has 0 aromatic heterocycles. The quantitative estimate of drug-likeness (QED) is 0.646. The smallest absolute Gasteiger partial charge is 0.125 e. The van der Waals surface area contributed by atoms with Crippen molar-refractivity contribution < 1.29 is 14.9 Å². The summed E-state index contributed by atoms with van der Waals surface area (Å²) in [7, 11) is 0. The van der Waals surface area contributed by atoms with E-state index in [-0.39, 0.29) is 5.60 Å². The van der Waals surface area contributed by atoms with E-state index in [0.29, 0.717) is 13.0 Å². The number of fused-ring (bicyclic) bond motifs is 1. The summed E-state index contributed by atoms with van der Waals surface area (Å²) in [5.41, 5.74) is 3.88. The zero-order chi connectivity index (χ0) is 21.3. The van der Waals surface area contributed by atoms with Crippen LogP contribution in [0.15, 0.2) is 78.9 Å². The summed E-state index contributed by atoms with van der Waals surface area (Å²) in [6.45, 7) is 2.32. The van der Waals surface area contributed by atoms with Gasteiger partial charge in [0.05, 0.1) is 12.2 Å². The van der Waals surface area contributed by atoms with Crippen LogP contribution < -0.4 is 4.74 Å². The molecule has 0 amide bonds. The Kier molecular flexibility index (Phi) is 5.53. The van der Waals surface area contributed by atoms with Crippen LogP contribution >= 0.6 is 0 Å². The van der Waals surface area contributed by atoms with E-state index in [1.165, 1.54) is 5.56 Å². The number of nitrogens with zero attached hydrogens (tertiary/aromatic N) is 1. The van der Waals surface area contributed by atoms with Gasteiger partial charge in [-0.1, -0.05) is 72.8 Å². The van der Waals surface area contributed by atoms with Crippen LogP contribution in [-0.2, 0) is 0 Å². The highest BCUT2D eigenvalue weighted by atomic mass is 16.5. The fourth-order valence-corrected chi connectivity index (χ4v) is 4.91. The van der Waals surface area contributed by atoms with Crippen molar-refractivity contribution >= 4 is 0 Å². The lowest BCUT2D eigenvalue weighted by Gasteiger charge is -2.46. The molecule has 160 valence electrons. The highest BCUT2D eigenvalue weighted by Crippen LogP contribution is 2.44. The number of rotatable bonds is 4. The number of ether oxygens (including phenoxy) is 1. The minimum Gasteiger partial charge on any atom is -0.487 e. The molecule has 0 bridgehead atoms. The standard InChI is InChI=1S/C27H29NO3/c29-24-18-27(31-26-9-5-4-8-23(24)26)14-16-28(17-15-27)19-25(30)22-12-10-21(11-13-22)20-6-2-1-3-7-20/h1-13,24-25,29-30H,14-19H2/t24-,25-/m1/s1. The third-order valence-electron chi connectivity index (χ3n) is 6.77. The Morgan fingerprint density at radius 2 is 1.52 bits per heavy atom. The number of likely N-dealkylation sites (tertiary alicyclic amines) is 1. The Morgan fingerprint density at radius 1 is 0.871 bits per heavy atom. The summed E-state index contributed by atoms with van der Waals surface area (Å²) in [6, 6.07) is 26.3. The topological polar surface area (TPSA) is 52.9 Å². The van der Waals surface area contributed by atoms with Crippen LogP contribution in [0.4, 0.5) is 0 Å². The molecule has 0 radical (unpaired) electrons. The van der Waals surface area contributed by atoms with Crippen molar-refractivity contribution in [2.24, 2.45) is 0 Å². The van der Waals surface area contributed by atoms with Crippen LogP contribution in [0, 0.1) is 0 Å². The van der Waals surface area contributed by atoms with E-state index >= 15 is 0 Å². The molecular formula is C27H29NO3. The van der Waals surface area contributed by atoms with Crippen molar-refractivity contribution in [3.8, 4) is 16.9 Å². The number of aliphatic hydroxyl groups excluding tert-OH is 2. The van der Waals surface area contributed by atoms with Gasteiger partial charge < -0.3 is 19.8 Å². The Balaban J connectivity index is 1.19. The van der Waals surface area contributed by atoms with Crippen LogP contribution in [0.2, 0.25) is 0 Å². The molecule has 0 aliphatic carbocycles. The summed E-state index contributed by atoms with van der Waals surface area (Å²) in [6.07, 6.45) is 1.37. The summed E-state index contributed by atoms with van der Waals surface area (Å²) >= 11 is 0. The van der Waals surface area contributed by atoms with E-state index in [0.717, 1.165) is 48.4 Å². The van der Waals surface area contributed by atoms with Gasteiger partial charge >= 0.3 is 0 Å². The Labute approximate surface area is 183 Å². The molecule has 1 spiro atoms. The second kappa shape index (κ2) is 8.46. The number of aliphatic hydroxyl groups is 2. The van der Waals surface area contributed by atoms with Gasteiger partial charge in [0.15, 0.2) is 0 Å². The first-order chi connectivity index (χ1) is 15.1. The number of β-amino-alcohol motifs (C(OH)–C–C–N with tert-alkyl or cyclic N) is 1. The van der Waals surface area contributed by atoms with Gasteiger partial charge in [0.1, 0.15) is 11.4 Å². The molecule has 1 saturated heterocycles. The molecule has 2 N–H and O–H groups in total. The van der Waals surface area contributed by atoms with Crippen molar-refractivity contribution in [2.75, 3.05) is 19.6 Å². The largest absolute Gasteiger partial charge is 0.487 e. The van der Waals surface area contributed by atoms with Crippen molar-refractivity contribution in [1.29, 1.82) is 0 Å². The maximum atomic E-state index is 10.8. The zero-order valence-electron chi connectivity index (χ0n) is 17.7. The monoisotopic (exact) mass is 415 g/mol. The van der Waals surface area contributed by atoms with Crippen molar-refractivity contribution in [3.63, 3.8) is 0 Å². The molecule has 5 rings (SSSR count). The third kappa shape index (κ3) is 4.24. The predicted octanol–water partition coefficient (Wildman–Crippen LogP) is 4.74. The first kappa shape index (κ1) is 20.3. The van der Waals surface area contributed by atoms with E-state index in [4.69, 9.17) is 4.74 Å². The van der Waals surface area contributed by atoms with Crippen LogP contribution in [-0.4, -0.2) is 40.3 Å². The molecule has 31 heavy (non-hydrogen) atoms. The zero-order valence-corrected chi connectivity index (χ0v) is 17.7. The minimum absolute atomic E-state index is 0.299. The van der Waals surface area contributed by atoms with Crippen molar-refractivity contribution in [1.82, 2.24) is 4.90 Å². The molecular weight excluding hydrogens is 386 g/mol. The number of hydrogen-bond donors (Lipinski definition) is 2. The highest BCUT2D eigenvalue weighted by molar-refractivity contribution is 5.63. The van der Waals surface area contributed by atoms with Gasteiger partial charge in [-0.05, 0) is 35.6 Å². The van der Waals surface area contributed by atoms with Gasteiger partial charge in [-0.3, -0.25) is 0 Å². The molecule has 0 saturated carbocycles. The van der Waals surface area contributed by atoms with Gasteiger partial charge in [-0.2, -0.15) is 0 Å². The lowest BCUT2D eigenvalue weighted by Crippen LogP contribution is -2.51. The second-order valence-corrected chi connectivity index (χ2v) is 8.85. The van der Waals surface area contributed by atoms with E-state index in [9.17, 15) is 10.2 Å². The SMILES string of the molecule is O[C@H](CN1CCC2(CC1)C[C@@H](O)c1ccccc1O2)c1ccc(-c2ccccc2)cc1. The normalized spacial score (nSPS) is 21.3. The molecule has 2 heterocycles. The van der Waals surface area contributed by atoms with Gasteiger partial charge in [0.2, 0.25) is 0 Å². The predicted molar refractivity (Wildman–Crippen MR) is 122 cm³/mol. The van der Waals surface area contributed by atoms with Crippen LogP contribution in [0.5, 0.6) is 5.75 Å². The molecule has 3 aromatic carbocycles. The number of benzene rings is 3. The van der Waals surface area contributed by atoms with Crippen LogP contribution in [0.1, 0.15) is 42.6 Å². The molecule has 3 aromatic rings. The summed E-state index contributed by atoms with van der Waals surface area (Å²) < 4.78 is 6.37. The molecule has 1 fully saturated rings. The van der Waals surface area contributed by atoms with Crippen LogP contribution in [0.3, 0.4) is 0 Å². The van der Waals surface area contributed by atoms with E-state index < -0.39 is 12.2 Å². The molecule has 4 nitrogen and oxygen atoms in total.